The van der Waals surface area contributed by atoms with Crippen LogP contribution < -0.4 is 0 Å². The molecule has 102 valence electrons. The maximum atomic E-state index is 11.5. The number of esters is 1. The number of H-pyrrole nitrogens is 1. The lowest BCUT2D eigenvalue weighted by molar-refractivity contribution is 0.0173. The van der Waals surface area contributed by atoms with Gasteiger partial charge in [0.25, 0.3) is 9.05 Å². The van der Waals surface area contributed by atoms with E-state index in [0.717, 1.165) is 12.3 Å². The lowest BCUT2D eigenvalue weighted by Gasteiger charge is -2.07. The van der Waals surface area contributed by atoms with Crippen LogP contribution in [0.5, 0.6) is 0 Å². The minimum atomic E-state index is -3.84. The Morgan fingerprint density at radius 1 is 1.44 bits per heavy atom. The molecule has 1 aromatic heterocycles. The van der Waals surface area contributed by atoms with Crippen LogP contribution in [0.1, 0.15) is 24.3 Å². The molecular weight excluding hydrogens is 282 g/mol. The first-order valence-electron chi connectivity index (χ1n) is 5.22. The molecular formula is C10H14ClNO5S. The highest BCUT2D eigenvalue weighted by Crippen LogP contribution is 2.16. The van der Waals surface area contributed by atoms with Crippen LogP contribution in [0.25, 0.3) is 0 Å². The molecule has 1 heterocycles. The Morgan fingerprint density at radius 2 is 2.11 bits per heavy atom. The van der Waals surface area contributed by atoms with Crippen LogP contribution in [-0.2, 0) is 18.5 Å². The summed E-state index contributed by atoms with van der Waals surface area (Å²) < 4.78 is 32.0. The predicted octanol–water partition coefficient (Wildman–Crippen LogP) is 1.52. The van der Waals surface area contributed by atoms with Crippen LogP contribution in [0.15, 0.2) is 17.2 Å². The Bertz CT molecular complexity index is 508. The molecule has 1 N–H and O–H groups in total. The van der Waals surface area contributed by atoms with Crippen molar-refractivity contribution in [3.8, 4) is 0 Å². The van der Waals surface area contributed by atoms with E-state index in [1.165, 1.54) is 0 Å². The van der Waals surface area contributed by atoms with E-state index in [1.54, 1.807) is 0 Å². The maximum Gasteiger partial charge on any atom is 0.354 e. The Labute approximate surface area is 110 Å². The van der Waals surface area contributed by atoms with E-state index in [2.05, 4.69) is 4.98 Å². The van der Waals surface area contributed by atoms with Gasteiger partial charge in [0.2, 0.25) is 0 Å². The molecule has 1 rings (SSSR count). The number of hydrogen-bond donors (Lipinski definition) is 1. The number of halogens is 1. The van der Waals surface area contributed by atoms with E-state index in [0.29, 0.717) is 0 Å². The normalized spacial score (nSPS) is 11.8. The Hall–Kier alpha value is -1.05. The quantitative estimate of drug-likeness (QED) is 0.488. The van der Waals surface area contributed by atoms with Crippen LogP contribution in [0.2, 0.25) is 0 Å². The number of ether oxygens (including phenoxy) is 2. The van der Waals surface area contributed by atoms with Gasteiger partial charge in [-0.3, -0.25) is 0 Å². The molecule has 8 heteroatoms. The zero-order valence-corrected chi connectivity index (χ0v) is 11.5. The molecule has 0 spiro atoms. The van der Waals surface area contributed by atoms with Crippen molar-refractivity contribution in [3.05, 3.63) is 18.0 Å². The molecule has 0 aliphatic rings. The van der Waals surface area contributed by atoms with E-state index >= 15 is 0 Å². The Kier molecular flexibility index (Phi) is 5.18. The lowest BCUT2D eigenvalue weighted by atomic mass is 10.4. The van der Waals surface area contributed by atoms with Crippen LogP contribution in [0, 0.1) is 0 Å². The van der Waals surface area contributed by atoms with Gasteiger partial charge in [-0.1, -0.05) is 0 Å². The summed E-state index contributed by atoms with van der Waals surface area (Å²) in [5.74, 6) is -0.658. The molecule has 0 aliphatic heterocycles. The highest BCUT2D eigenvalue weighted by atomic mass is 35.7. The summed E-state index contributed by atoms with van der Waals surface area (Å²) >= 11 is 0. The van der Waals surface area contributed by atoms with Gasteiger partial charge in [-0.25, -0.2) is 13.2 Å². The van der Waals surface area contributed by atoms with Gasteiger partial charge in [0, 0.05) is 16.9 Å². The standard InChI is InChI=1S/C10H14ClNO5S/c1-7(2)16-3-4-17-10(13)9-5-8(6-12-9)18(11,14)15/h5-7,12H,3-4H2,1-2H3. The SMILES string of the molecule is CC(C)OCCOC(=O)c1cc(S(=O)(=O)Cl)c[nH]1. The van der Waals surface area contributed by atoms with Gasteiger partial charge in [-0.2, -0.15) is 0 Å². The molecule has 1 aromatic rings. The second kappa shape index (κ2) is 6.21. The molecule has 0 saturated carbocycles. The Morgan fingerprint density at radius 3 is 2.61 bits per heavy atom. The first kappa shape index (κ1) is 15.0. The molecule has 0 amide bonds. The lowest BCUT2D eigenvalue weighted by Crippen LogP contribution is -2.13. The summed E-state index contributed by atoms with van der Waals surface area (Å²) in [6.45, 7) is 4.11. The van der Waals surface area contributed by atoms with Crippen molar-refractivity contribution in [1.82, 2.24) is 4.98 Å². The number of carbonyl (C=O) groups excluding carboxylic acids is 1. The smallest absolute Gasteiger partial charge is 0.354 e. The number of hydrogen-bond acceptors (Lipinski definition) is 5. The summed E-state index contributed by atoms with van der Waals surface area (Å²) in [5.41, 5.74) is 0.0266. The van der Waals surface area contributed by atoms with Crippen molar-refractivity contribution < 1.29 is 22.7 Å². The molecule has 18 heavy (non-hydrogen) atoms. The fraction of sp³-hybridized carbons (Fsp3) is 0.500. The molecule has 0 atom stereocenters. The molecule has 0 fully saturated rings. The van der Waals surface area contributed by atoms with E-state index in [4.69, 9.17) is 20.2 Å². The van der Waals surface area contributed by atoms with Crippen molar-refractivity contribution in [2.45, 2.75) is 24.8 Å². The largest absolute Gasteiger partial charge is 0.459 e. The van der Waals surface area contributed by atoms with Crippen molar-refractivity contribution in [3.63, 3.8) is 0 Å². The van der Waals surface area contributed by atoms with E-state index < -0.39 is 15.0 Å². The number of aromatic amines is 1. The first-order valence-corrected chi connectivity index (χ1v) is 7.53. The third-order valence-electron chi connectivity index (χ3n) is 1.93. The van der Waals surface area contributed by atoms with Crippen LogP contribution in [-0.4, -0.2) is 38.7 Å². The van der Waals surface area contributed by atoms with Crippen molar-refractivity contribution in [2.24, 2.45) is 0 Å². The monoisotopic (exact) mass is 295 g/mol. The summed E-state index contributed by atoms with van der Waals surface area (Å²) in [6, 6.07) is 1.12. The topological polar surface area (TPSA) is 85.5 Å². The molecule has 6 nitrogen and oxygen atoms in total. The van der Waals surface area contributed by atoms with E-state index in [-0.39, 0.29) is 29.9 Å². The number of aromatic nitrogens is 1. The third kappa shape index (κ3) is 4.67. The first-order chi connectivity index (χ1) is 8.30. The van der Waals surface area contributed by atoms with E-state index in [1.807, 2.05) is 13.8 Å². The number of rotatable bonds is 6. The highest BCUT2D eigenvalue weighted by Gasteiger charge is 2.16. The third-order valence-corrected chi connectivity index (χ3v) is 3.26. The van der Waals surface area contributed by atoms with Crippen molar-refractivity contribution >= 4 is 25.7 Å². The van der Waals surface area contributed by atoms with Gasteiger partial charge in [-0.15, -0.1) is 0 Å². The average Bonchev–Trinajstić information content (AvgIpc) is 2.72. The summed E-state index contributed by atoms with van der Waals surface area (Å²) in [5, 5.41) is 0. The second-order valence-corrected chi connectivity index (χ2v) is 6.31. The van der Waals surface area contributed by atoms with Crippen LogP contribution in [0.3, 0.4) is 0 Å². The summed E-state index contributed by atoms with van der Waals surface area (Å²) in [6.07, 6.45) is 1.19. The highest BCUT2D eigenvalue weighted by molar-refractivity contribution is 8.13. The summed E-state index contributed by atoms with van der Waals surface area (Å²) in [7, 11) is 1.27. The van der Waals surface area contributed by atoms with Gasteiger partial charge in [0.1, 0.15) is 17.2 Å². The van der Waals surface area contributed by atoms with Crippen molar-refractivity contribution in [2.75, 3.05) is 13.2 Å². The molecule has 0 radical (unpaired) electrons. The number of nitrogens with one attached hydrogen (secondary N) is 1. The molecule has 0 aliphatic carbocycles. The van der Waals surface area contributed by atoms with Crippen molar-refractivity contribution in [1.29, 1.82) is 0 Å². The maximum absolute atomic E-state index is 11.5. The van der Waals surface area contributed by atoms with Gasteiger partial charge >= 0.3 is 5.97 Å². The second-order valence-electron chi connectivity index (χ2n) is 3.74. The fourth-order valence-corrected chi connectivity index (χ4v) is 1.85. The average molecular weight is 296 g/mol. The zero-order chi connectivity index (χ0) is 13.8. The minimum Gasteiger partial charge on any atom is -0.459 e. The Balaban J connectivity index is 2.50. The van der Waals surface area contributed by atoms with Gasteiger partial charge in [0.15, 0.2) is 0 Å². The van der Waals surface area contributed by atoms with Crippen LogP contribution in [0.4, 0.5) is 0 Å². The van der Waals surface area contributed by atoms with Crippen LogP contribution >= 0.6 is 10.7 Å². The molecule has 0 saturated heterocycles. The van der Waals surface area contributed by atoms with Gasteiger partial charge in [-0.05, 0) is 19.9 Å². The van der Waals surface area contributed by atoms with Gasteiger partial charge in [0.05, 0.1) is 12.7 Å². The molecule has 0 bridgehead atoms. The zero-order valence-electron chi connectivity index (χ0n) is 9.97. The number of carbonyl (C=O) groups is 1. The molecule has 0 aromatic carbocycles. The fourth-order valence-electron chi connectivity index (χ4n) is 1.13. The van der Waals surface area contributed by atoms with E-state index in [9.17, 15) is 13.2 Å². The molecule has 0 unspecified atom stereocenters. The minimum absolute atomic E-state index is 0.0266. The summed E-state index contributed by atoms with van der Waals surface area (Å²) in [4.78, 5) is 13.8. The van der Waals surface area contributed by atoms with Gasteiger partial charge < -0.3 is 14.5 Å². The predicted molar refractivity (Wildman–Crippen MR) is 65.2 cm³/mol.